The van der Waals surface area contributed by atoms with Gasteiger partial charge >= 0.3 is 5.97 Å². The van der Waals surface area contributed by atoms with E-state index in [9.17, 15) is 19.5 Å². The van der Waals surface area contributed by atoms with Gasteiger partial charge in [-0.25, -0.2) is 0 Å². The van der Waals surface area contributed by atoms with E-state index >= 15 is 4.79 Å². The van der Waals surface area contributed by atoms with E-state index in [0.29, 0.717) is 43.5 Å². The van der Waals surface area contributed by atoms with E-state index in [0.717, 1.165) is 23.6 Å². The van der Waals surface area contributed by atoms with Gasteiger partial charge in [0.15, 0.2) is 0 Å². The zero-order valence-corrected chi connectivity index (χ0v) is 32.4. The molecule has 3 fully saturated rings. The van der Waals surface area contributed by atoms with Crippen LogP contribution < -0.4 is 10.2 Å². The quantitative estimate of drug-likeness (QED) is 0.0659. The first-order chi connectivity index (χ1) is 26.1. The van der Waals surface area contributed by atoms with Crippen LogP contribution in [0.2, 0.25) is 0 Å². The van der Waals surface area contributed by atoms with Gasteiger partial charge in [0.05, 0.1) is 24.0 Å². The SMILES string of the molecule is C=CCCC(=O)N[C@@H](C)[C@H](OC(=O)[C@@H]1[C@H]2O[C@@]3(CC2Br)[C@H](C(=O)N(CC=C)c2ccc4ccccc4c2)N(CCCCCCO)C(=O)[C@@H]13)c1ccccc1. The lowest BCUT2D eigenvalue weighted by atomic mass is 9.70. The summed E-state index contributed by atoms with van der Waals surface area (Å²) in [6.07, 6.45) is 5.71. The molecule has 3 aliphatic rings. The molecule has 3 heterocycles. The van der Waals surface area contributed by atoms with E-state index in [-0.39, 0.29) is 42.1 Å². The van der Waals surface area contributed by atoms with Gasteiger partial charge in [0, 0.05) is 36.6 Å². The third kappa shape index (κ3) is 7.76. The number of hydrogen-bond acceptors (Lipinski definition) is 7. The summed E-state index contributed by atoms with van der Waals surface area (Å²) in [6.45, 7) is 10.0. The van der Waals surface area contributed by atoms with Crippen LogP contribution in [0, 0.1) is 11.8 Å². The fourth-order valence-electron chi connectivity index (χ4n) is 8.55. The summed E-state index contributed by atoms with van der Waals surface area (Å²) in [4.78, 5) is 60.1. The maximum atomic E-state index is 15.1. The maximum Gasteiger partial charge on any atom is 0.313 e. The van der Waals surface area contributed by atoms with E-state index in [4.69, 9.17) is 9.47 Å². The summed E-state index contributed by atoms with van der Waals surface area (Å²) in [5, 5.41) is 14.3. The molecule has 3 amide bonds. The van der Waals surface area contributed by atoms with Crippen LogP contribution in [-0.2, 0) is 28.7 Å². The lowest BCUT2D eigenvalue weighted by Crippen LogP contribution is -2.57. The molecule has 1 spiro atoms. The Morgan fingerprint density at radius 3 is 2.48 bits per heavy atom. The number of alkyl halides is 1. The number of aliphatic hydroxyl groups is 1. The maximum absolute atomic E-state index is 15.1. The molecule has 0 radical (unpaired) electrons. The number of halogens is 1. The minimum atomic E-state index is -1.29. The smallest absolute Gasteiger partial charge is 0.313 e. The van der Waals surface area contributed by atoms with Crippen molar-refractivity contribution in [2.75, 3.05) is 24.6 Å². The summed E-state index contributed by atoms with van der Waals surface area (Å²) in [6, 6.07) is 21.4. The van der Waals surface area contributed by atoms with Crippen LogP contribution in [0.4, 0.5) is 5.69 Å². The van der Waals surface area contributed by atoms with Gasteiger partial charge in [0.1, 0.15) is 17.7 Å². The predicted molar refractivity (Wildman–Crippen MR) is 212 cm³/mol. The van der Waals surface area contributed by atoms with Gasteiger partial charge in [-0.1, -0.05) is 102 Å². The van der Waals surface area contributed by atoms with Crippen molar-refractivity contribution in [3.63, 3.8) is 0 Å². The zero-order valence-electron chi connectivity index (χ0n) is 30.8. The number of hydrogen-bond donors (Lipinski definition) is 2. The van der Waals surface area contributed by atoms with E-state index in [1.165, 1.54) is 0 Å². The van der Waals surface area contributed by atoms with Crippen molar-refractivity contribution in [3.05, 3.63) is 104 Å². The Morgan fingerprint density at radius 2 is 1.76 bits per heavy atom. The van der Waals surface area contributed by atoms with Gasteiger partial charge in [-0.3, -0.25) is 19.2 Å². The lowest BCUT2D eigenvalue weighted by molar-refractivity contribution is -0.162. The number of allylic oxidation sites excluding steroid dienone is 1. The standard InChI is InChI=1S/C43H50BrN3O7/c1-4-6-20-34(49)45-28(3)37(30-17-10-9-11-18-30)53-42(52)35-36-40(50)47(24-14-7-8-15-25-48)39(43(36)27-33(44)38(35)54-43)41(51)46(23-5-2)32-22-21-29-16-12-13-19-31(29)26-32/h4-5,9-13,16-19,21-22,26,28,33,35-39,48H,1-2,6-8,14-15,20,23-25,27H2,3H3,(H,45,49)/t28-,33?,35-,36+,37-,38-,39-,43+/m0/s1. The van der Waals surface area contributed by atoms with Gasteiger partial charge in [-0.05, 0) is 61.1 Å². The van der Waals surface area contributed by atoms with E-state index in [1.807, 2.05) is 72.8 Å². The van der Waals surface area contributed by atoms with Crippen LogP contribution in [0.1, 0.15) is 63.5 Å². The Kier molecular flexibility index (Phi) is 12.7. The normalized spacial score (nSPS) is 25.2. The predicted octanol–water partition coefficient (Wildman–Crippen LogP) is 6.41. The molecule has 8 atom stereocenters. The number of ether oxygens (including phenoxy) is 2. The molecule has 6 rings (SSSR count). The van der Waals surface area contributed by atoms with Crippen LogP contribution in [0.25, 0.3) is 10.8 Å². The molecule has 10 nitrogen and oxygen atoms in total. The van der Waals surface area contributed by atoms with Crippen LogP contribution in [0.5, 0.6) is 0 Å². The van der Waals surface area contributed by atoms with Gasteiger partial charge in [0.2, 0.25) is 11.8 Å². The second-order valence-electron chi connectivity index (χ2n) is 14.6. The fourth-order valence-corrected chi connectivity index (χ4v) is 9.49. The zero-order chi connectivity index (χ0) is 38.4. The molecule has 0 aromatic heterocycles. The third-order valence-electron chi connectivity index (χ3n) is 11.0. The van der Waals surface area contributed by atoms with Crippen molar-refractivity contribution in [1.29, 1.82) is 0 Å². The topological polar surface area (TPSA) is 125 Å². The molecule has 286 valence electrons. The van der Waals surface area contributed by atoms with E-state index in [2.05, 4.69) is 34.4 Å². The largest absolute Gasteiger partial charge is 0.455 e. The van der Waals surface area contributed by atoms with E-state index in [1.54, 1.807) is 28.9 Å². The highest BCUT2D eigenvalue weighted by molar-refractivity contribution is 9.09. The number of rotatable bonds is 18. The number of nitrogens with one attached hydrogen (secondary N) is 1. The Labute approximate surface area is 325 Å². The van der Waals surface area contributed by atoms with Gasteiger partial charge in [-0.2, -0.15) is 0 Å². The number of unbranched alkanes of at least 4 members (excludes halogenated alkanes) is 3. The Bertz CT molecular complexity index is 1850. The average molecular weight is 801 g/mol. The number of anilines is 1. The summed E-state index contributed by atoms with van der Waals surface area (Å²) in [7, 11) is 0. The molecule has 3 saturated heterocycles. The van der Waals surface area contributed by atoms with Gasteiger partial charge in [0.25, 0.3) is 5.91 Å². The number of likely N-dealkylation sites (tertiary alicyclic amines) is 1. The Balaban J connectivity index is 1.34. The summed E-state index contributed by atoms with van der Waals surface area (Å²) in [5.41, 5.74) is 0.0787. The molecule has 3 aliphatic heterocycles. The first kappa shape index (κ1) is 39.4. The lowest BCUT2D eigenvalue weighted by Gasteiger charge is -2.37. The van der Waals surface area contributed by atoms with Gasteiger partial charge < -0.3 is 29.7 Å². The first-order valence-corrected chi connectivity index (χ1v) is 19.9. The molecule has 3 aromatic rings. The molecule has 2 N–H and O–H groups in total. The van der Waals surface area contributed by atoms with Crippen molar-refractivity contribution in [1.82, 2.24) is 10.2 Å². The highest BCUT2D eigenvalue weighted by atomic mass is 79.9. The van der Waals surface area contributed by atoms with Crippen LogP contribution >= 0.6 is 15.9 Å². The van der Waals surface area contributed by atoms with Crippen LogP contribution in [-0.4, -0.2) is 82.0 Å². The Morgan fingerprint density at radius 1 is 1.04 bits per heavy atom. The molecular formula is C43H50BrN3O7. The summed E-state index contributed by atoms with van der Waals surface area (Å²) in [5.74, 6) is -3.36. The number of nitrogens with zero attached hydrogens (tertiary/aromatic N) is 2. The molecule has 0 saturated carbocycles. The van der Waals surface area contributed by atoms with Crippen LogP contribution in [0.3, 0.4) is 0 Å². The Hall–Kier alpha value is -4.32. The number of esters is 1. The van der Waals surface area contributed by atoms with Crippen molar-refractivity contribution in [2.45, 2.75) is 86.6 Å². The van der Waals surface area contributed by atoms with Gasteiger partial charge in [-0.15, -0.1) is 13.2 Å². The monoisotopic (exact) mass is 799 g/mol. The second kappa shape index (κ2) is 17.4. The number of benzene rings is 3. The number of carbonyl (C=O) groups excluding carboxylic acids is 4. The number of fused-ring (bicyclic) bond motifs is 2. The highest BCUT2D eigenvalue weighted by Gasteiger charge is 2.77. The third-order valence-corrected chi connectivity index (χ3v) is 11.9. The number of aliphatic hydroxyl groups excluding tert-OH is 1. The number of carbonyl (C=O) groups is 4. The second-order valence-corrected chi connectivity index (χ2v) is 15.7. The molecular weight excluding hydrogens is 750 g/mol. The van der Waals surface area contributed by atoms with Crippen molar-refractivity contribution < 1.29 is 33.8 Å². The number of amides is 3. The average Bonchev–Trinajstić information content (AvgIpc) is 3.77. The van der Waals surface area contributed by atoms with E-state index < -0.39 is 47.7 Å². The molecule has 1 unspecified atom stereocenters. The minimum Gasteiger partial charge on any atom is -0.455 e. The summed E-state index contributed by atoms with van der Waals surface area (Å²) >= 11 is 3.78. The molecule has 54 heavy (non-hydrogen) atoms. The van der Waals surface area contributed by atoms with Crippen molar-refractivity contribution in [3.8, 4) is 0 Å². The molecule has 0 aliphatic carbocycles. The summed E-state index contributed by atoms with van der Waals surface area (Å²) < 4.78 is 13.1. The first-order valence-electron chi connectivity index (χ1n) is 18.9. The van der Waals surface area contributed by atoms with Crippen molar-refractivity contribution in [2.24, 2.45) is 11.8 Å². The molecule has 2 bridgehead atoms. The minimum absolute atomic E-state index is 0.0873. The highest BCUT2D eigenvalue weighted by Crippen LogP contribution is 2.60. The fraction of sp³-hybridized carbons (Fsp3) is 0.442. The van der Waals surface area contributed by atoms with Crippen molar-refractivity contribution >= 4 is 56.1 Å². The molecule has 3 aromatic carbocycles. The molecule has 11 heteroatoms. The van der Waals surface area contributed by atoms with Crippen LogP contribution in [0.15, 0.2) is 98.1 Å².